The second kappa shape index (κ2) is 3.46. The highest BCUT2D eigenvalue weighted by atomic mass is 16.5. The van der Waals surface area contributed by atoms with Crippen LogP contribution in [0.15, 0.2) is 0 Å². The van der Waals surface area contributed by atoms with Crippen LogP contribution in [-0.2, 0) is 4.74 Å². The predicted molar refractivity (Wildman–Crippen MR) is 34.8 cm³/mol. The van der Waals surface area contributed by atoms with Gasteiger partial charge in [0.25, 0.3) is 0 Å². The van der Waals surface area contributed by atoms with E-state index in [1.54, 1.807) is 0 Å². The second-order valence-corrected chi connectivity index (χ2v) is 2.60. The van der Waals surface area contributed by atoms with Crippen molar-refractivity contribution in [1.29, 1.82) is 0 Å². The van der Waals surface area contributed by atoms with Crippen molar-refractivity contribution in [2.45, 2.75) is 24.4 Å². The molecule has 66 valence electrons. The molecule has 4 atom stereocenters. The number of ether oxygens (including phenoxy) is 1. The summed E-state index contributed by atoms with van der Waals surface area (Å²) in [7, 11) is 0. The molecule has 5 heteroatoms. The summed E-state index contributed by atoms with van der Waals surface area (Å²) in [6, 6.07) is 0. The molecule has 1 aliphatic rings. The predicted octanol–water partition coefficient (Wildman–Crippen LogP) is -2.54. The van der Waals surface area contributed by atoms with Gasteiger partial charge >= 0.3 is 0 Å². The van der Waals surface area contributed by atoms with Crippen LogP contribution >= 0.6 is 0 Å². The summed E-state index contributed by atoms with van der Waals surface area (Å²) >= 11 is 0. The lowest BCUT2D eigenvalue weighted by atomic mass is 10.0. The number of rotatable bonds is 1. The fourth-order valence-electron chi connectivity index (χ4n) is 1.03. The van der Waals surface area contributed by atoms with Crippen LogP contribution in [0.4, 0.5) is 0 Å². The molecule has 5 nitrogen and oxygen atoms in total. The highest BCUT2D eigenvalue weighted by Crippen LogP contribution is 2.14. The SMILES string of the molecule is OCC1OC[C@H](O)[C@H](O)C1O. The van der Waals surface area contributed by atoms with Gasteiger partial charge in [-0.25, -0.2) is 0 Å². The van der Waals surface area contributed by atoms with Crippen molar-refractivity contribution in [3.05, 3.63) is 0 Å². The summed E-state index contributed by atoms with van der Waals surface area (Å²) in [5, 5.41) is 35.7. The number of hydrogen-bond acceptors (Lipinski definition) is 5. The number of hydrogen-bond donors (Lipinski definition) is 4. The topological polar surface area (TPSA) is 90.2 Å². The highest BCUT2D eigenvalue weighted by Gasteiger charge is 2.36. The van der Waals surface area contributed by atoms with E-state index in [9.17, 15) is 0 Å². The molecule has 4 N–H and O–H groups in total. The molecule has 0 saturated carbocycles. The van der Waals surface area contributed by atoms with Gasteiger partial charge in [-0.1, -0.05) is 0 Å². The third kappa shape index (κ3) is 1.69. The molecule has 0 amide bonds. The maximum atomic E-state index is 9.11. The van der Waals surface area contributed by atoms with Gasteiger partial charge in [-0.15, -0.1) is 0 Å². The average Bonchev–Trinajstić information content (AvgIpc) is 2.01. The largest absolute Gasteiger partial charge is 0.394 e. The van der Waals surface area contributed by atoms with Crippen LogP contribution in [0.3, 0.4) is 0 Å². The smallest absolute Gasteiger partial charge is 0.111 e. The van der Waals surface area contributed by atoms with Crippen molar-refractivity contribution in [3.8, 4) is 0 Å². The minimum Gasteiger partial charge on any atom is -0.394 e. The fraction of sp³-hybridized carbons (Fsp3) is 1.00. The van der Waals surface area contributed by atoms with Crippen LogP contribution in [0, 0.1) is 0 Å². The van der Waals surface area contributed by atoms with Gasteiger partial charge in [0.15, 0.2) is 0 Å². The van der Waals surface area contributed by atoms with E-state index in [1.165, 1.54) is 0 Å². The fourth-order valence-corrected chi connectivity index (χ4v) is 1.03. The minimum absolute atomic E-state index is 0.0521. The Balaban J connectivity index is 2.52. The van der Waals surface area contributed by atoms with E-state index in [1.807, 2.05) is 0 Å². The standard InChI is InChI=1S/C6H12O5/c7-1-4-6(10)5(9)3(8)2-11-4/h3-10H,1-2H2/t3-,4?,5-,6?/m0/s1. The molecule has 1 fully saturated rings. The van der Waals surface area contributed by atoms with Gasteiger partial charge in [-0.2, -0.15) is 0 Å². The summed E-state index contributed by atoms with van der Waals surface area (Å²) < 4.78 is 4.81. The van der Waals surface area contributed by atoms with Crippen molar-refractivity contribution in [2.75, 3.05) is 13.2 Å². The first-order valence-corrected chi connectivity index (χ1v) is 3.43. The molecule has 11 heavy (non-hydrogen) atoms. The molecular formula is C6H12O5. The van der Waals surface area contributed by atoms with Crippen LogP contribution in [-0.4, -0.2) is 58.1 Å². The molecular weight excluding hydrogens is 152 g/mol. The summed E-state index contributed by atoms with van der Waals surface area (Å²) in [4.78, 5) is 0. The van der Waals surface area contributed by atoms with Crippen molar-refractivity contribution >= 4 is 0 Å². The van der Waals surface area contributed by atoms with Gasteiger partial charge in [0.05, 0.1) is 13.2 Å². The van der Waals surface area contributed by atoms with Gasteiger partial charge in [0, 0.05) is 0 Å². The Kier molecular flexibility index (Phi) is 2.80. The Hall–Kier alpha value is -0.200. The first kappa shape index (κ1) is 8.89. The summed E-state index contributed by atoms with van der Waals surface area (Å²) in [5.41, 5.74) is 0. The zero-order valence-corrected chi connectivity index (χ0v) is 5.92. The van der Waals surface area contributed by atoms with Crippen molar-refractivity contribution in [3.63, 3.8) is 0 Å². The third-order valence-electron chi connectivity index (χ3n) is 1.79. The van der Waals surface area contributed by atoms with E-state index >= 15 is 0 Å². The Morgan fingerprint density at radius 1 is 1.18 bits per heavy atom. The van der Waals surface area contributed by atoms with Crippen LogP contribution in [0.25, 0.3) is 0 Å². The quantitative estimate of drug-likeness (QED) is 0.343. The lowest BCUT2D eigenvalue weighted by Gasteiger charge is -2.34. The van der Waals surface area contributed by atoms with Crippen molar-refractivity contribution in [1.82, 2.24) is 0 Å². The molecule has 2 unspecified atom stereocenters. The first-order chi connectivity index (χ1) is 5.16. The van der Waals surface area contributed by atoms with Crippen LogP contribution in [0.5, 0.6) is 0 Å². The van der Waals surface area contributed by atoms with Crippen LogP contribution in [0.2, 0.25) is 0 Å². The monoisotopic (exact) mass is 164 g/mol. The van der Waals surface area contributed by atoms with E-state index in [2.05, 4.69) is 0 Å². The van der Waals surface area contributed by atoms with Gasteiger partial charge < -0.3 is 25.2 Å². The average molecular weight is 164 g/mol. The lowest BCUT2D eigenvalue weighted by molar-refractivity contribution is -0.195. The molecule has 0 radical (unpaired) electrons. The Bertz CT molecular complexity index is 126. The molecule has 1 saturated heterocycles. The van der Waals surface area contributed by atoms with Crippen molar-refractivity contribution in [2.24, 2.45) is 0 Å². The van der Waals surface area contributed by atoms with Crippen molar-refractivity contribution < 1.29 is 25.2 Å². The van der Waals surface area contributed by atoms with E-state index in [4.69, 9.17) is 25.2 Å². The Labute approximate surface area is 63.8 Å². The minimum atomic E-state index is -1.22. The Morgan fingerprint density at radius 2 is 1.82 bits per heavy atom. The summed E-state index contributed by atoms with van der Waals surface area (Å²) in [6.45, 7) is -0.408. The highest BCUT2D eigenvalue weighted by molar-refractivity contribution is 4.85. The van der Waals surface area contributed by atoms with E-state index in [-0.39, 0.29) is 13.2 Å². The zero-order chi connectivity index (χ0) is 8.43. The second-order valence-electron chi connectivity index (χ2n) is 2.60. The molecule has 0 aromatic heterocycles. The molecule has 0 bridgehead atoms. The normalized spacial score (nSPS) is 45.8. The molecule has 1 rings (SSSR count). The van der Waals surface area contributed by atoms with Gasteiger partial charge in [-0.05, 0) is 0 Å². The lowest BCUT2D eigenvalue weighted by Crippen LogP contribution is -2.53. The van der Waals surface area contributed by atoms with E-state index in [0.717, 1.165) is 0 Å². The summed E-state index contributed by atoms with van der Waals surface area (Å²) in [5.74, 6) is 0. The third-order valence-corrected chi connectivity index (χ3v) is 1.79. The maximum absolute atomic E-state index is 9.11. The molecule has 0 aromatic rings. The maximum Gasteiger partial charge on any atom is 0.111 e. The first-order valence-electron chi connectivity index (χ1n) is 3.43. The molecule has 0 spiro atoms. The van der Waals surface area contributed by atoms with E-state index < -0.39 is 24.4 Å². The molecule has 1 aliphatic heterocycles. The van der Waals surface area contributed by atoms with Gasteiger partial charge in [-0.3, -0.25) is 0 Å². The molecule has 0 aliphatic carbocycles. The number of aliphatic hydroxyl groups excluding tert-OH is 4. The van der Waals surface area contributed by atoms with Gasteiger partial charge in [0.2, 0.25) is 0 Å². The van der Waals surface area contributed by atoms with Crippen LogP contribution < -0.4 is 0 Å². The van der Waals surface area contributed by atoms with E-state index in [0.29, 0.717) is 0 Å². The van der Waals surface area contributed by atoms with Gasteiger partial charge in [0.1, 0.15) is 24.4 Å². The van der Waals surface area contributed by atoms with Crippen LogP contribution in [0.1, 0.15) is 0 Å². The Morgan fingerprint density at radius 3 is 2.36 bits per heavy atom. The summed E-state index contributed by atoms with van der Waals surface area (Å²) in [6.07, 6.45) is -4.27. The molecule has 1 heterocycles. The molecule has 0 aromatic carbocycles. The number of aliphatic hydroxyl groups is 4. The zero-order valence-electron chi connectivity index (χ0n) is 5.92.